The van der Waals surface area contributed by atoms with E-state index >= 15 is 0 Å². The van der Waals surface area contributed by atoms with Crippen LogP contribution in [-0.4, -0.2) is 40.8 Å². The first-order valence-corrected chi connectivity index (χ1v) is 7.27. The lowest BCUT2D eigenvalue weighted by Gasteiger charge is -2.27. The van der Waals surface area contributed by atoms with Gasteiger partial charge in [-0.1, -0.05) is 13.3 Å². The molecule has 19 heavy (non-hydrogen) atoms. The molecule has 0 saturated carbocycles. The lowest BCUT2D eigenvalue weighted by molar-refractivity contribution is 0.266. The minimum atomic E-state index is 0.201. The van der Waals surface area contributed by atoms with Gasteiger partial charge in [-0.2, -0.15) is 0 Å². The van der Waals surface area contributed by atoms with Crippen molar-refractivity contribution in [1.29, 1.82) is 0 Å². The van der Waals surface area contributed by atoms with Gasteiger partial charge in [0.05, 0.1) is 12.6 Å². The number of nitrogens with one attached hydrogen (secondary N) is 1. The normalized spacial score (nSPS) is 18.9. The summed E-state index contributed by atoms with van der Waals surface area (Å²) in [5.41, 5.74) is 1.19. The minimum absolute atomic E-state index is 0.201. The van der Waals surface area contributed by atoms with Crippen LogP contribution in [0.1, 0.15) is 38.7 Å². The van der Waals surface area contributed by atoms with Crippen molar-refractivity contribution < 1.29 is 5.11 Å². The third-order valence-corrected chi connectivity index (χ3v) is 3.63. The molecule has 0 amide bonds. The van der Waals surface area contributed by atoms with Gasteiger partial charge < -0.3 is 15.3 Å². The highest BCUT2D eigenvalue weighted by Crippen LogP contribution is 2.30. The number of anilines is 2. The Labute approximate surface area is 115 Å². The molecule has 1 aliphatic rings. The fourth-order valence-electron chi connectivity index (χ4n) is 2.75. The number of aromatic nitrogens is 2. The summed E-state index contributed by atoms with van der Waals surface area (Å²) in [6.07, 6.45) is 5.82. The molecule has 0 aromatic carbocycles. The minimum Gasteiger partial charge on any atom is -0.394 e. The molecule has 5 heteroatoms. The summed E-state index contributed by atoms with van der Waals surface area (Å²) in [6.45, 7) is 6.27. The molecular weight excluding hydrogens is 240 g/mol. The maximum absolute atomic E-state index is 9.49. The lowest BCUT2D eigenvalue weighted by Crippen LogP contribution is -2.33. The summed E-state index contributed by atoms with van der Waals surface area (Å²) in [7, 11) is 0. The van der Waals surface area contributed by atoms with Gasteiger partial charge in [-0.15, -0.1) is 0 Å². The molecule has 1 aromatic rings. The number of nitrogens with zero attached hydrogens (tertiary/aromatic N) is 3. The van der Waals surface area contributed by atoms with Crippen molar-refractivity contribution in [1.82, 2.24) is 9.97 Å². The Balaban J connectivity index is 2.34. The highest BCUT2D eigenvalue weighted by atomic mass is 16.3. The Morgan fingerprint density at radius 1 is 1.42 bits per heavy atom. The highest BCUT2D eigenvalue weighted by Gasteiger charge is 2.27. The second-order valence-electron chi connectivity index (χ2n) is 4.98. The first-order valence-electron chi connectivity index (χ1n) is 7.27. The molecule has 1 aliphatic heterocycles. The van der Waals surface area contributed by atoms with Crippen LogP contribution in [0.15, 0.2) is 6.33 Å². The molecular formula is C14H24N4O. The summed E-state index contributed by atoms with van der Waals surface area (Å²) < 4.78 is 0. The fraction of sp³-hybridized carbons (Fsp3) is 0.714. The van der Waals surface area contributed by atoms with E-state index in [0.29, 0.717) is 0 Å². The van der Waals surface area contributed by atoms with Crippen molar-refractivity contribution in [2.75, 3.05) is 29.9 Å². The summed E-state index contributed by atoms with van der Waals surface area (Å²) in [5.74, 6) is 1.95. The molecule has 1 unspecified atom stereocenters. The van der Waals surface area contributed by atoms with Crippen LogP contribution in [0.25, 0.3) is 0 Å². The van der Waals surface area contributed by atoms with Gasteiger partial charge >= 0.3 is 0 Å². The third kappa shape index (κ3) is 2.97. The summed E-state index contributed by atoms with van der Waals surface area (Å²) in [5, 5.41) is 12.8. The fourth-order valence-corrected chi connectivity index (χ4v) is 2.75. The van der Waals surface area contributed by atoms with Crippen LogP contribution in [0, 0.1) is 0 Å². The van der Waals surface area contributed by atoms with E-state index in [1.54, 1.807) is 6.33 Å². The Kier molecular flexibility index (Phi) is 4.96. The zero-order valence-electron chi connectivity index (χ0n) is 11.9. The van der Waals surface area contributed by atoms with Gasteiger partial charge in [-0.25, -0.2) is 9.97 Å². The van der Waals surface area contributed by atoms with Crippen molar-refractivity contribution in [2.45, 2.75) is 45.6 Å². The van der Waals surface area contributed by atoms with Crippen molar-refractivity contribution >= 4 is 11.6 Å². The number of aliphatic hydroxyl groups is 1. The smallest absolute Gasteiger partial charge is 0.137 e. The van der Waals surface area contributed by atoms with E-state index in [9.17, 15) is 5.11 Å². The van der Waals surface area contributed by atoms with E-state index in [0.717, 1.165) is 50.4 Å². The third-order valence-electron chi connectivity index (χ3n) is 3.63. The predicted octanol–water partition coefficient (Wildman–Crippen LogP) is 1.82. The van der Waals surface area contributed by atoms with Gasteiger partial charge in [0.2, 0.25) is 0 Å². The molecule has 1 saturated heterocycles. The highest BCUT2D eigenvalue weighted by molar-refractivity contribution is 5.59. The van der Waals surface area contributed by atoms with E-state index in [1.807, 2.05) is 0 Å². The Bertz CT molecular complexity index is 410. The van der Waals surface area contributed by atoms with Crippen LogP contribution in [-0.2, 0) is 6.42 Å². The van der Waals surface area contributed by atoms with Crippen LogP contribution in [0.2, 0.25) is 0 Å². The molecule has 2 N–H and O–H groups in total. The van der Waals surface area contributed by atoms with Crippen LogP contribution in [0.4, 0.5) is 11.6 Å². The topological polar surface area (TPSA) is 61.3 Å². The van der Waals surface area contributed by atoms with Crippen molar-refractivity contribution in [3.63, 3.8) is 0 Å². The maximum atomic E-state index is 9.49. The summed E-state index contributed by atoms with van der Waals surface area (Å²) in [4.78, 5) is 11.1. The Hall–Kier alpha value is -1.36. The van der Waals surface area contributed by atoms with Crippen molar-refractivity contribution in [3.8, 4) is 0 Å². The van der Waals surface area contributed by atoms with E-state index in [-0.39, 0.29) is 12.6 Å². The largest absolute Gasteiger partial charge is 0.394 e. The van der Waals surface area contributed by atoms with Crippen molar-refractivity contribution in [3.05, 3.63) is 11.9 Å². The van der Waals surface area contributed by atoms with E-state index in [1.165, 1.54) is 5.56 Å². The zero-order chi connectivity index (χ0) is 13.7. The SMILES string of the molecule is CCCc1c(NCC)ncnc1N1CCCC1CO. The maximum Gasteiger partial charge on any atom is 0.137 e. The first kappa shape index (κ1) is 14.1. The van der Waals surface area contributed by atoms with Gasteiger partial charge in [0.1, 0.15) is 18.0 Å². The zero-order valence-corrected chi connectivity index (χ0v) is 11.9. The molecule has 1 fully saturated rings. The average Bonchev–Trinajstić information content (AvgIpc) is 2.89. The number of hydrogen-bond donors (Lipinski definition) is 2. The molecule has 0 radical (unpaired) electrons. The predicted molar refractivity (Wildman–Crippen MR) is 77.6 cm³/mol. The molecule has 1 atom stereocenters. The number of aliphatic hydroxyl groups excluding tert-OH is 1. The Morgan fingerprint density at radius 3 is 2.95 bits per heavy atom. The number of rotatable bonds is 6. The second-order valence-corrected chi connectivity index (χ2v) is 4.98. The van der Waals surface area contributed by atoms with Gasteiger partial charge in [-0.05, 0) is 26.2 Å². The summed E-state index contributed by atoms with van der Waals surface area (Å²) >= 11 is 0. The number of hydrogen-bond acceptors (Lipinski definition) is 5. The van der Waals surface area contributed by atoms with Gasteiger partial charge in [0, 0.05) is 18.7 Å². The van der Waals surface area contributed by atoms with Crippen LogP contribution >= 0.6 is 0 Å². The standard InChI is InChI=1S/C14H24N4O/c1-3-6-12-13(15-4-2)16-10-17-14(12)18-8-5-7-11(18)9-19/h10-11,19H,3-9H2,1-2H3,(H,15,16,17). The molecule has 0 aliphatic carbocycles. The molecule has 0 bridgehead atoms. The first-order chi connectivity index (χ1) is 9.31. The lowest BCUT2D eigenvalue weighted by atomic mass is 10.1. The molecule has 106 valence electrons. The van der Waals surface area contributed by atoms with Gasteiger partial charge in [0.25, 0.3) is 0 Å². The van der Waals surface area contributed by atoms with Gasteiger partial charge in [0.15, 0.2) is 0 Å². The Morgan fingerprint density at radius 2 is 2.26 bits per heavy atom. The van der Waals surface area contributed by atoms with E-state index < -0.39 is 0 Å². The monoisotopic (exact) mass is 264 g/mol. The molecule has 2 rings (SSSR count). The molecule has 1 aromatic heterocycles. The molecule has 2 heterocycles. The molecule has 0 spiro atoms. The average molecular weight is 264 g/mol. The van der Waals surface area contributed by atoms with Crippen LogP contribution in [0.3, 0.4) is 0 Å². The van der Waals surface area contributed by atoms with Crippen LogP contribution in [0.5, 0.6) is 0 Å². The second kappa shape index (κ2) is 6.70. The van der Waals surface area contributed by atoms with Crippen molar-refractivity contribution in [2.24, 2.45) is 0 Å². The van der Waals surface area contributed by atoms with E-state index in [2.05, 4.69) is 34.0 Å². The molecule has 5 nitrogen and oxygen atoms in total. The van der Waals surface area contributed by atoms with Crippen LogP contribution < -0.4 is 10.2 Å². The summed E-state index contributed by atoms with van der Waals surface area (Å²) in [6, 6.07) is 0.208. The van der Waals surface area contributed by atoms with Gasteiger partial charge in [-0.3, -0.25) is 0 Å². The quantitative estimate of drug-likeness (QED) is 0.820. The van der Waals surface area contributed by atoms with E-state index in [4.69, 9.17) is 0 Å².